The Bertz CT molecular complexity index is 761. The molecule has 19 heavy (non-hydrogen) atoms. The van der Waals surface area contributed by atoms with Crippen molar-refractivity contribution < 1.29 is 0 Å². The molecule has 0 aliphatic heterocycles. The van der Waals surface area contributed by atoms with Gasteiger partial charge in [-0.05, 0) is 18.6 Å². The summed E-state index contributed by atoms with van der Waals surface area (Å²) in [5.41, 5.74) is 6.84. The molecular formula is C12H12N6O. The first-order valence-corrected chi connectivity index (χ1v) is 5.86. The first-order valence-electron chi connectivity index (χ1n) is 5.86. The minimum absolute atomic E-state index is 0.0697. The predicted octanol–water partition coefficient (Wildman–Crippen LogP) is 0.409. The highest BCUT2D eigenvalue weighted by atomic mass is 16.1. The zero-order valence-electron chi connectivity index (χ0n) is 10.1. The van der Waals surface area contributed by atoms with Crippen molar-refractivity contribution in [3.8, 4) is 0 Å². The second-order valence-electron chi connectivity index (χ2n) is 4.15. The number of nitrogens with zero attached hydrogens (tertiary/aromatic N) is 3. The van der Waals surface area contributed by atoms with Crippen molar-refractivity contribution in [1.29, 1.82) is 0 Å². The molecule has 3 aromatic heterocycles. The molecular weight excluding hydrogens is 244 g/mol. The van der Waals surface area contributed by atoms with E-state index in [0.717, 1.165) is 12.1 Å². The number of nitrogens with one attached hydrogen (secondary N) is 2. The van der Waals surface area contributed by atoms with Gasteiger partial charge in [0.05, 0.1) is 0 Å². The van der Waals surface area contributed by atoms with Crippen molar-refractivity contribution in [1.82, 2.24) is 24.9 Å². The molecule has 0 aromatic carbocycles. The first-order chi connectivity index (χ1) is 9.22. The lowest BCUT2D eigenvalue weighted by Crippen LogP contribution is -2.10. The van der Waals surface area contributed by atoms with E-state index in [4.69, 9.17) is 5.73 Å². The molecule has 0 atom stereocenters. The van der Waals surface area contributed by atoms with Gasteiger partial charge in [0.2, 0.25) is 5.95 Å². The Balaban J connectivity index is 1.86. The van der Waals surface area contributed by atoms with Crippen LogP contribution >= 0.6 is 0 Å². The van der Waals surface area contributed by atoms with Gasteiger partial charge in [-0.3, -0.25) is 14.8 Å². The van der Waals surface area contributed by atoms with Crippen LogP contribution in [0.4, 0.5) is 5.95 Å². The van der Waals surface area contributed by atoms with Crippen molar-refractivity contribution >= 4 is 17.1 Å². The highest BCUT2D eigenvalue weighted by Crippen LogP contribution is 2.07. The zero-order chi connectivity index (χ0) is 13.2. The number of imidazole rings is 1. The number of nitrogen functional groups attached to an aromatic ring is 1. The summed E-state index contributed by atoms with van der Waals surface area (Å²) in [6, 6.07) is 5.76. The molecule has 0 unspecified atom stereocenters. The molecule has 0 radical (unpaired) electrons. The fourth-order valence-corrected chi connectivity index (χ4v) is 1.88. The zero-order valence-corrected chi connectivity index (χ0v) is 10.1. The standard InChI is InChI=1S/C12H12N6O/c13-12-17-10-9(11(19)18-12)15-8(16-10)5-4-7-3-1-2-6-14-7/h1-3,6H,4-5H2,(H4,13,15,16,17,18,19). The molecule has 0 bridgehead atoms. The lowest BCUT2D eigenvalue weighted by Gasteiger charge is -1.96. The van der Waals surface area contributed by atoms with Gasteiger partial charge in [-0.1, -0.05) is 6.07 Å². The fraction of sp³-hybridized carbons (Fsp3) is 0.167. The molecule has 0 aliphatic rings. The van der Waals surface area contributed by atoms with E-state index in [1.54, 1.807) is 6.20 Å². The Morgan fingerprint density at radius 2 is 2.05 bits per heavy atom. The van der Waals surface area contributed by atoms with Gasteiger partial charge in [-0.25, -0.2) is 4.98 Å². The van der Waals surface area contributed by atoms with Crippen LogP contribution in [0.1, 0.15) is 11.5 Å². The molecule has 4 N–H and O–H groups in total. The van der Waals surface area contributed by atoms with E-state index in [1.807, 2.05) is 18.2 Å². The summed E-state index contributed by atoms with van der Waals surface area (Å²) < 4.78 is 0. The minimum Gasteiger partial charge on any atom is -0.369 e. The normalized spacial score (nSPS) is 10.9. The number of rotatable bonds is 3. The Morgan fingerprint density at radius 1 is 1.16 bits per heavy atom. The molecule has 7 heteroatoms. The molecule has 0 spiro atoms. The van der Waals surface area contributed by atoms with E-state index in [9.17, 15) is 4.79 Å². The van der Waals surface area contributed by atoms with Crippen LogP contribution in [-0.2, 0) is 12.8 Å². The number of pyridine rings is 1. The number of hydrogen-bond donors (Lipinski definition) is 3. The number of anilines is 1. The summed E-state index contributed by atoms with van der Waals surface area (Å²) in [6.07, 6.45) is 3.15. The second kappa shape index (κ2) is 4.52. The number of nitrogens with two attached hydrogens (primary N) is 1. The molecule has 0 amide bonds. The quantitative estimate of drug-likeness (QED) is 0.628. The van der Waals surface area contributed by atoms with E-state index >= 15 is 0 Å². The van der Waals surface area contributed by atoms with Crippen molar-refractivity contribution in [3.63, 3.8) is 0 Å². The molecule has 3 rings (SSSR count). The highest BCUT2D eigenvalue weighted by molar-refractivity contribution is 5.70. The summed E-state index contributed by atoms with van der Waals surface area (Å²) in [7, 11) is 0. The maximum absolute atomic E-state index is 11.6. The van der Waals surface area contributed by atoms with Crippen LogP contribution in [0.5, 0.6) is 0 Å². The molecule has 3 aromatic rings. The molecule has 0 fully saturated rings. The third-order valence-corrected chi connectivity index (χ3v) is 2.77. The SMILES string of the molecule is Nc1nc2nc(CCc3ccccn3)[nH]c2c(=O)[nH]1. The molecule has 0 saturated heterocycles. The number of aryl methyl sites for hydroxylation is 2. The van der Waals surface area contributed by atoms with Crippen molar-refractivity contribution in [2.24, 2.45) is 0 Å². The smallest absolute Gasteiger partial charge is 0.278 e. The fourth-order valence-electron chi connectivity index (χ4n) is 1.88. The number of aromatic nitrogens is 5. The van der Waals surface area contributed by atoms with Gasteiger partial charge in [0.15, 0.2) is 11.2 Å². The third-order valence-electron chi connectivity index (χ3n) is 2.77. The highest BCUT2D eigenvalue weighted by Gasteiger charge is 2.08. The molecule has 7 nitrogen and oxygen atoms in total. The van der Waals surface area contributed by atoms with Crippen LogP contribution in [0.2, 0.25) is 0 Å². The van der Waals surface area contributed by atoms with E-state index < -0.39 is 0 Å². The Hall–Kier alpha value is -2.70. The molecule has 0 aliphatic carbocycles. The van der Waals surface area contributed by atoms with Crippen molar-refractivity contribution in [2.75, 3.05) is 5.73 Å². The largest absolute Gasteiger partial charge is 0.369 e. The van der Waals surface area contributed by atoms with Crippen molar-refractivity contribution in [2.45, 2.75) is 12.8 Å². The number of aromatic amines is 2. The maximum atomic E-state index is 11.6. The Labute approximate surface area is 107 Å². The topological polar surface area (TPSA) is 113 Å². The van der Waals surface area contributed by atoms with Crippen molar-refractivity contribution in [3.05, 3.63) is 46.3 Å². The van der Waals surface area contributed by atoms with Gasteiger partial charge < -0.3 is 10.7 Å². The van der Waals surface area contributed by atoms with Crippen LogP contribution < -0.4 is 11.3 Å². The van der Waals surface area contributed by atoms with Gasteiger partial charge >= 0.3 is 0 Å². The van der Waals surface area contributed by atoms with Crippen LogP contribution in [-0.4, -0.2) is 24.9 Å². The summed E-state index contributed by atoms with van der Waals surface area (Å²) >= 11 is 0. The lowest BCUT2D eigenvalue weighted by molar-refractivity contribution is 0.860. The minimum atomic E-state index is -0.306. The average Bonchev–Trinajstić information content (AvgIpc) is 2.81. The van der Waals surface area contributed by atoms with Gasteiger partial charge in [0.25, 0.3) is 5.56 Å². The van der Waals surface area contributed by atoms with Gasteiger partial charge in [0, 0.05) is 18.3 Å². The van der Waals surface area contributed by atoms with E-state index in [-0.39, 0.29) is 11.5 Å². The second-order valence-corrected chi connectivity index (χ2v) is 4.15. The Kier molecular flexibility index (Phi) is 2.71. The number of H-pyrrole nitrogens is 2. The summed E-state index contributed by atoms with van der Waals surface area (Å²) in [5.74, 6) is 0.768. The van der Waals surface area contributed by atoms with E-state index in [0.29, 0.717) is 23.4 Å². The third kappa shape index (κ3) is 2.30. The van der Waals surface area contributed by atoms with Gasteiger partial charge in [0.1, 0.15) is 5.82 Å². The summed E-state index contributed by atoms with van der Waals surface area (Å²) in [4.78, 5) is 29.5. The maximum Gasteiger partial charge on any atom is 0.278 e. The van der Waals surface area contributed by atoms with Crippen LogP contribution in [0, 0.1) is 0 Å². The van der Waals surface area contributed by atoms with Crippen LogP contribution in [0.3, 0.4) is 0 Å². The average molecular weight is 256 g/mol. The van der Waals surface area contributed by atoms with Gasteiger partial charge in [-0.2, -0.15) is 4.98 Å². The van der Waals surface area contributed by atoms with Crippen LogP contribution in [0.25, 0.3) is 11.2 Å². The number of fused-ring (bicyclic) bond motifs is 1. The molecule has 96 valence electrons. The number of hydrogen-bond acceptors (Lipinski definition) is 5. The lowest BCUT2D eigenvalue weighted by atomic mass is 10.2. The first kappa shape index (κ1) is 11.4. The molecule has 0 saturated carbocycles. The van der Waals surface area contributed by atoms with Crippen LogP contribution in [0.15, 0.2) is 29.2 Å². The molecule has 3 heterocycles. The van der Waals surface area contributed by atoms with Gasteiger partial charge in [-0.15, -0.1) is 0 Å². The van der Waals surface area contributed by atoms with E-state index in [2.05, 4.69) is 24.9 Å². The summed E-state index contributed by atoms with van der Waals surface area (Å²) in [6.45, 7) is 0. The summed E-state index contributed by atoms with van der Waals surface area (Å²) in [5, 5.41) is 0. The van der Waals surface area contributed by atoms with E-state index in [1.165, 1.54) is 0 Å². The Morgan fingerprint density at radius 3 is 2.84 bits per heavy atom. The monoisotopic (exact) mass is 256 g/mol. The predicted molar refractivity (Wildman–Crippen MR) is 70.6 cm³/mol.